The molecule has 0 saturated carbocycles. The molecule has 5 rings (SSSR count). The maximum absolute atomic E-state index is 13.3. The van der Waals surface area contributed by atoms with Crippen LogP contribution in [0.1, 0.15) is 54.0 Å². The van der Waals surface area contributed by atoms with Gasteiger partial charge in [-0.25, -0.2) is 0 Å². The van der Waals surface area contributed by atoms with Gasteiger partial charge in [0.05, 0.1) is 7.11 Å². The van der Waals surface area contributed by atoms with E-state index in [4.69, 9.17) is 9.47 Å². The average molecular weight is 561 g/mol. The number of carbonyl (C=O) groups is 1. The number of nitrogens with zero attached hydrogens (tertiary/aromatic N) is 1. The van der Waals surface area contributed by atoms with Crippen LogP contribution in [-0.2, 0) is 17.9 Å². The minimum Gasteiger partial charge on any atom is -0.493 e. The zero-order valence-corrected chi connectivity index (χ0v) is 25.0. The monoisotopic (exact) mass is 560 g/mol. The molecule has 5 nitrogen and oxygen atoms in total. The third-order valence-electron chi connectivity index (χ3n) is 7.59. The van der Waals surface area contributed by atoms with Crippen molar-refractivity contribution in [1.29, 1.82) is 0 Å². The number of ether oxygens (including phenoxy) is 2. The third-order valence-corrected chi connectivity index (χ3v) is 7.59. The van der Waals surface area contributed by atoms with Crippen LogP contribution >= 0.6 is 0 Å². The molecule has 1 heterocycles. The van der Waals surface area contributed by atoms with E-state index in [1.54, 1.807) is 7.11 Å². The molecule has 0 aliphatic heterocycles. The first-order valence-electron chi connectivity index (χ1n) is 14.7. The highest BCUT2D eigenvalue weighted by atomic mass is 16.5. The fraction of sp³-hybridized carbons (Fsp3) is 0.270. The highest BCUT2D eigenvalue weighted by molar-refractivity contribution is 5.87. The molecule has 1 atom stereocenters. The Hall–Kier alpha value is -4.51. The summed E-state index contributed by atoms with van der Waals surface area (Å²) in [4.78, 5) is 13.3. The Bertz CT molecular complexity index is 1620. The highest BCUT2D eigenvalue weighted by Crippen LogP contribution is 2.39. The number of hydrogen-bond donors (Lipinski definition) is 1. The van der Waals surface area contributed by atoms with Crippen LogP contribution in [0.3, 0.4) is 0 Å². The van der Waals surface area contributed by atoms with Crippen molar-refractivity contribution >= 4 is 16.8 Å². The molecule has 42 heavy (non-hydrogen) atoms. The van der Waals surface area contributed by atoms with E-state index < -0.39 is 0 Å². The minimum absolute atomic E-state index is 0.0347. The van der Waals surface area contributed by atoms with E-state index in [0.29, 0.717) is 37.0 Å². The van der Waals surface area contributed by atoms with Crippen molar-refractivity contribution in [2.45, 2.75) is 46.3 Å². The Morgan fingerprint density at radius 2 is 1.60 bits per heavy atom. The number of hydrogen-bond acceptors (Lipinski definition) is 3. The Morgan fingerprint density at radius 3 is 2.33 bits per heavy atom. The molecule has 1 amide bonds. The molecule has 0 spiro atoms. The van der Waals surface area contributed by atoms with Crippen molar-refractivity contribution < 1.29 is 14.3 Å². The number of carbonyl (C=O) groups excluding carboxylic acids is 1. The summed E-state index contributed by atoms with van der Waals surface area (Å²) in [6.07, 6.45) is 2.55. The number of amides is 1. The lowest BCUT2D eigenvalue weighted by Crippen LogP contribution is -2.28. The van der Waals surface area contributed by atoms with Gasteiger partial charge >= 0.3 is 0 Å². The van der Waals surface area contributed by atoms with E-state index in [0.717, 1.165) is 34.1 Å². The number of fused-ring (bicyclic) bond motifs is 1. The van der Waals surface area contributed by atoms with Gasteiger partial charge in [-0.3, -0.25) is 4.79 Å². The number of benzene rings is 4. The Labute approximate surface area is 249 Å². The zero-order valence-electron chi connectivity index (χ0n) is 25.0. The van der Waals surface area contributed by atoms with Gasteiger partial charge in [0, 0.05) is 42.5 Å². The molecule has 216 valence electrons. The molecule has 0 saturated heterocycles. The molecule has 0 unspecified atom stereocenters. The highest BCUT2D eigenvalue weighted by Gasteiger charge is 2.24. The van der Waals surface area contributed by atoms with E-state index in [2.05, 4.69) is 91.4 Å². The van der Waals surface area contributed by atoms with Crippen molar-refractivity contribution in [2.24, 2.45) is 5.92 Å². The predicted molar refractivity (Wildman–Crippen MR) is 170 cm³/mol. The molecule has 0 aliphatic rings. The summed E-state index contributed by atoms with van der Waals surface area (Å²) >= 11 is 0. The Morgan fingerprint density at radius 1 is 0.857 bits per heavy atom. The SMILES string of the molecule is COc1cc([C@@H](CC(=O)NCC(C)C)c2cn(Cc3ccc(C)cc3)c3ccccc23)ccc1OCc1ccccc1. The van der Waals surface area contributed by atoms with Gasteiger partial charge in [0.15, 0.2) is 11.5 Å². The maximum Gasteiger partial charge on any atom is 0.220 e. The lowest BCUT2D eigenvalue weighted by molar-refractivity contribution is -0.121. The van der Waals surface area contributed by atoms with Crippen LogP contribution in [-0.4, -0.2) is 24.1 Å². The number of aryl methyl sites for hydroxylation is 1. The third kappa shape index (κ3) is 7.03. The first-order chi connectivity index (χ1) is 20.4. The van der Waals surface area contributed by atoms with Crippen molar-refractivity contribution in [1.82, 2.24) is 9.88 Å². The number of rotatable bonds is 12. The van der Waals surface area contributed by atoms with Gasteiger partial charge in [-0.15, -0.1) is 0 Å². The van der Waals surface area contributed by atoms with E-state index in [1.165, 1.54) is 11.1 Å². The van der Waals surface area contributed by atoms with Crippen molar-refractivity contribution in [3.05, 3.63) is 131 Å². The first-order valence-corrected chi connectivity index (χ1v) is 14.7. The summed E-state index contributed by atoms with van der Waals surface area (Å²) in [5.41, 5.74) is 6.85. The Kier molecular flexibility index (Phi) is 9.28. The lowest BCUT2D eigenvalue weighted by atomic mass is 9.87. The number of para-hydroxylation sites is 1. The molecular formula is C37H40N2O3. The molecule has 0 bridgehead atoms. The topological polar surface area (TPSA) is 52.5 Å². The van der Waals surface area contributed by atoms with Crippen LogP contribution in [0.15, 0.2) is 103 Å². The molecule has 0 fully saturated rings. The van der Waals surface area contributed by atoms with Crippen LogP contribution in [0.4, 0.5) is 0 Å². The fourth-order valence-corrected chi connectivity index (χ4v) is 5.31. The fourth-order valence-electron chi connectivity index (χ4n) is 5.31. The van der Waals surface area contributed by atoms with Gasteiger partial charge in [-0.05, 0) is 53.3 Å². The van der Waals surface area contributed by atoms with Gasteiger partial charge in [-0.2, -0.15) is 0 Å². The second kappa shape index (κ2) is 13.4. The first kappa shape index (κ1) is 29.0. The Balaban J connectivity index is 1.52. The molecule has 4 aromatic carbocycles. The molecule has 0 radical (unpaired) electrons. The van der Waals surface area contributed by atoms with Gasteiger partial charge in [0.1, 0.15) is 6.61 Å². The van der Waals surface area contributed by atoms with Gasteiger partial charge < -0.3 is 19.4 Å². The summed E-state index contributed by atoms with van der Waals surface area (Å²) in [7, 11) is 1.66. The van der Waals surface area contributed by atoms with Crippen molar-refractivity contribution in [2.75, 3.05) is 13.7 Å². The van der Waals surface area contributed by atoms with Crippen molar-refractivity contribution in [3.63, 3.8) is 0 Å². The molecule has 1 N–H and O–H groups in total. The number of methoxy groups -OCH3 is 1. The molecule has 5 heteroatoms. The summed E-state index contributed by atoms with van der Waals surface area (Å²) in [6.45, 7) is 8.17. The van der Waals surface area contributed by atoms with Crippen LogP contribution < -0.4 is 14.8 Å². The predicted octanol–water partition coefficient (Wildman–Crippen LogP) is 7.88. The zero-order chi connectivity index (χ0) is 29.5. The maximum atomic E-state index is 13.3. The molecule has 5 aromatic rings. The summed E-state index contributed by atoms with van der Waals surface area (Å²) in [5, 5.41) is 4.28. The van der Waals surface area contributed by atoms with Crippen LogP contribution in [0.5, 0.6) is 11.5 Å². The second-order valence-electron chi connectivity index (χ2n) is 11.4. The van der Waals surface area contributed by atoms with Crippen LogP contribution in [0, 0.1) is 12.8 Å². The van der Waals surface area contributed by atoms with E-state index >= 15 is 0 Å². The van der Waals surface area contributed by atoms with Crippen molar-refractivity contribution in [3.8, 4) is 11.5 Å². The van der Waals surface area contributed by atoms with Crippen LogP contribution in [0.25, 0.3) is 10.9 Å². The summed E-state index contributed by atoms with van der Waals surface area (Å²) in [6, 6.07) is 33.2. The van der Waals surface area contributed by atoms with Gasteiger partial charge in [-0.1, -0.05) is 98.3 Å². The van der Waals surface area contributed by atoms with Gasteiger partial charge in [0.25, 0.3) is 0 Å². The van der Waals surface area contributed by atoms with E-state index in [9.17, 15) is 4.79 Å². The van der Waals surface area contributed by atoms with Gasteiger partial charge in [0.2, 0.25) is 5.91 Å². The van der Waals surface area contributed by atoms with E-state index in [1.807, 2.05) is 42.5 Å². The molecule has 1 aromatic heterocycles. The minimum atomic E-state index is -0.168. The summed E-state index contributed by atoms with van der Waals surface area (Å²) in [5.74, 6) is 1.57. The van der Waals surface area contributed by atoms with Crippen LogP contribution in [0.2, 0.25) is 0 Å². The standard InChI is InChI=1S/C37H40N2O3/c1-26(2)22-38-37(40)21-32(30-18-19-35(36(20-30)41-4)42-25-29-10-6-5-7-11-29)33-24-39(34-13-9-8-12-31(33)34)23-28-16-14-27(3)15-17-28/h5-20,24,26,32H,21-23,25H2,1-4H3,(H,38,40)/t32-/m1/s1. The number of nitrogens with one attached hydrogen (secondary N) is 1. The quantitative estimate of drug-likeness (QED) is 0.169. The molecular weight excluding hydrogens is 520 g/mol. The number of aromatic nitrogens is 1. The second-order valence-corrected chi connectivity index (χ2v) is 11.4. The average Bonchev–Trinajstić information content (AvgIpc) is 3.37. The lowest BCUT2D eigenvalue weighted by Gasteiger charge is -2.20. The van der Waals surface area contributed by atoms with E-state index in [-0.39, 0.29) is 11.8 Å². The smallest absolute Gasteiger partial charge is 0.220 e. The largest absolute Gasteiger partial charge is 0.493 e. The normalized spacial score (nSPS) is 11.9. The molecule has 0 aliphatic carbocycles. The summed E-state index contributed by atoms with van der Waals surface area (Å²) < 4.78 is 14.2.